The number of hydrogen-bond donors (Lipinski definition) is 1. The van der Waals surface area contributed by atoms with E-state index in [-0.39, 0.29) is 11.8 Å². The molecule has 8 heteroatoms. The van der Waals surface area contributed by atoms with Crippen molar-refractivity contribution in [2.24, 2.45) is 5.92 Å². The van der Waals surface area contributed by atoms with Crippen molar-refractivity contribution < 1.29 is 22.7 Å². The minimum Gasteiger partial charge on any atom is -0.381 e. The SMILES string of the molecule is O=C(Nc1csnc1-c1cccc(C(F)(F)F)c1)C1CCCOCC1. The lowest BCUT2D eigenvalue weighted by molar-refractivity contribution is -0.137. The topological polar surface area (TPSA) is 51.2 Å². The number of carbonyl (C=O) groups excluding carboxylic acids is 1. The zero-order valence-electron chi connectivity index (χ0n) is 13.3. The van der Waals surface area contributed by atoms with Crippen LogP contribution in [0.1, 0.15) is 24.8 Å². The van der Waals surface area contributed by atoms with Crippen LogP contribution in [0.4, 0.5) is 18.9 Å². The molecule has 4 nitrogen and oxygen atoms in total. The molecule has 134 valence electrons. The number of carbonyl (C=O) groups is 1. The van der Waals surface area contributed by atoms with Crippen LogP contribution in [-0.4, -0.2) is 23.5 Å². The van der Waals surface area contributed by atoms with E-state index >= 15 is 0 Å². The summed E-state index contributed by atoms with van der Waals surface area (Å²) < 4.78 is 48.2. The van der Waals surface area contributed by atoms with Crippen LogP contribution >= 0.6 is 11.5 Å². The Morgan fingerprint density at radius 1 is 1.28 bits per heavy atom. The molecule has 0 aliphatic carbocycles. The second kappa shape index (κ2) is 7.53. The predicted octanol–water partition coefficient (Wildman–Crippen LogP) is 4.58. The fourth-order valence-corrected chi connectivity index (χ4v) is 3.42. The van der Waals surface area contributed by atoms with Gasteiger partial charge in [-0.15, -0.1) is 0 Å². The molecule has 1 saturated heterocycles. The fraction of sp³-hybridized carbons (Fsp3) is 0.412. The van der Waals surface area contributed by atoms with Gasteiger partial charge in [-0.2, -0.15) is 17.5 Å². The Bertz CT molecular complexity index is 737. The summed E-state index contributed by atoms with van der Waals surface area (Å²) in [6, 6.07) is 4.95. The molecule has 1 aliphatic rings. The van der Waals surface area contributed by atoms with Crippen LogP contribution in [0.2, 0.25) is 0 Å². The van der Waals surface area contributed by atoms with Crippen LogP contribution in [0.5, 0.6) is 0 Å². The molecule has 1 aromatic carbocycles. The summed E-state index contributed by atoms with van der Waals surface area (Å²) in [6.45, 7) is 1.19. The summed E-state index contributed by atoms with van der Waals surface area (Å²) in [5, 5.41) is 4.46. The molecule has 1 aromatic heterocycles. The Balaban J connectivity index is 1.80. The molecule has 1 atom stereocenters. The van der Waals surface area contributed by atoms with Crippen molar-refractivity contribution in [3.63, 3.8) is 0 Å². The van der Waals surface area contributed by atoms with E-state index in [0.717, 1.165) is 36.5 Å². The molecule has 1 amide bonds. The molecule has 0 radical (unpaired) electrons. The third kappa shape index (κ3) is 4.38. The molecule has 0 saturated carbocycles. The van der Waals surface area contributed by atoms with Gasteiger partial charge in [-0.25, -0.2) is 0 Å². The lowest BCUT2D eigenvalue weighted by atomic mass is 9.99. The van der Waals surface area contributed by atoms with Crippen molar-refractivity contribution in [1.29, 1.82) is 0 Å². The highest BCUT2D eigenvalue weighted by Gasteiger charge is 2.31. The molecule has 25 heavy (non-hydrogen) atoms. The maximum absolute atomic E-state index is 12.9. The Labute approximate surface area is 147 Å². The first-order valence-corrected chi connectivity index (χ1v) is 8.79. The number of hydrogen-bond acceptors (Lipinski definition) is 4. The largest absolute Gasteiger partial charge is 0.416 e. The van der Waals surface area contributed by atoms with Gasteiger partial charge in [-0.05, 0) is 42.9 Å². The van der Waals surface area contributed by atoms with Gasteiger partial charge in [0.15, 0.2) is 0 Å². The number of anilines is 1. The van der Waals surface area contributed by atoms with Gasteiger partial charge in [0.1, 0.15) is 5.69 Å². The summed E-state index contributed by atoms with van der Waals surface area (Å²) >= 11 is 1.10. The van der Waals surface area contributed by atoms with Crippen LogP contribution in [-0.2, 0) is 15.7 Å². The van der Waals surface area contributed by atoms with E-state index < -0.39 is 11.7 Å². The first kappa shape index (κ1) is 17.9. The first-order chi connectivity index (χ1) is 11.9. The second-order valence-electron chi connectivity index (χ2n) is 5.88. The minimum atomic E-state index is -4.42. The Morgan fingerprint density at radius 3 is 2.92 bits per heavy atom. The van der Waals surface area contributed by atoms with Crippen molar-refractivity contribution in [3.05, 3.63) is 35.2 Å². The van der Waals surface area contributed by atoms with E-state index in [4.69, 9.17) is 4.74 Å². The van der Waals surface area contributed by atoms with Crippen molar-refractivity contribution in [3.8, 4) is 11.3 Å². The van der Waals surface area contributed by atoms with Crippen LogP contribution in [0.25, 0.3) is 11.3 Å². The molecule has 0 spiro atoms. The fourth-order valence-electron chi connectivity index (χ4n) is 2.78. The highest BCUT2D eigenvalue weighted by molar-refractivity contribution is 7.04. The van der Waals surface area contributed by atoms with E-state index in [1.54, 1.807) is 11.4 Å². The van der Waals surface area contributed by atoms with E-state index in [2.05, 4.69) is 9.69 Å². The molecule has 3 rings (SSSR count). The van der Waals surface area contributed by atoms with Gasteiger partial charge < -0.3 is 10.1 Å². The van der Waals surface area contributed by atoms with Gasteiger partial charge in [0.25, 0.3) is 0 Å². The number of alkyl halides is 3. The zero-order chi connectivity index (χ0) is 17.9. The molecule has 1 aliphatic heterocycles. The summed E-state index contributed by atoms with van der Waals surface area (Å²) in [5.41, 5.74) is 0.389. The lowest BCUT2D eigenvalue weighted by Crippen LogP contribution is -2.23. The van der Waals surface area contributed by atoms with Gasteiger partial charge in [-0.3, -0.25) is 4.79 Å². The first-order valence-electron chi connectivity index (χ1n) is 7.96. The average Bonchev–Trinajstić information content (AvgIpc) is 2.86. The summed E-state index contributed by atoms with van der Waals surface area (Å²) in [5.74, 6) is -0.296. The average molecular weight is 370 g/mol. The highest BCUT2D eigenvalue weighted by atomic mass is 32.1. The van der Waals surface area contributed by atoms with Gasteiger partial charge in [-0.1, -0.05) is 12.1 Å². The van der Waals surface area contributed by atoms with Crippen LogP contribution in [0.15, 0.2) is 29.6 Å². The maximum atomic E-state index is 12.9. The summed E-state index contributed by atoms with van der Waals surface area (Å²) in [4.78, 5) is 12.5. The van der Waals surface area contributed by atoms with Gasteiger partial charge in [0, 0.05) is 30.1 Å². The van der Waals surface area contributed by atoms with E-state index in [0.29, 0.717) is 36.6 Å². The molecule has 1 fully saturated rings. The van der Waals surface area contributed by atoms with Gasteiger partial charge >= 0.3 is 6.18 Å². The maximum Gasteiger partial charge on any atom is 0.416 e. The third-order valence-electron chi connectivity index (χ3n) is 4.11. The van der Waals surface area contributed by atoms with Crippen LogP contribution in [0.3, 0.4) is 0 Å². The third-order valence-corrected chi connectivity index (χ3v) is 4.74. The van der Waals surface area contributed by atoms with E-state index in [1.165, 1.54) is 6.07 Å². The summed E-state index contributed by atoms with van der Waals surface area (Å²) in [7, 11) is 0. The number of nitrogens with zero attached hydrogens (tertiary/aromatic N) is 1. The normalized spacial score (nSPS) is 18.6. The second-order valence-corrected chi connectivity index (χ2v) is 6.51. The number of benzene rings is 1. The Morgan fingerprint density at radius 2 is 2.12 bits per heavy atom. The van der Waals surface area contributed by atoms with Crippen molar-refractivity contribution in [2.45, 2.75) is 25.4 Å². The van der Waals surface area contributed by atoms with Crippen LogP contribution < -0.4 is 5.32 Å². The number of ether oxygens (including phenoxy) is 1. The standard InChI is InChI=1S/C17H17F3N2O2S/c18-17(19,20)13-5-1-3-12(9-13)15-14(10-25-22-15)21-16(23)11-4-2-7-24-8-6-11/h1,3,5,9-11H,2,4,6-8H2,(H,21,23). The smallest absolute Gasteiger partial charge is 0.381 e. The van der Waals surface area contributed by atoms with Gasteiger partial charge in [0.2, 0.25) is 5.91 Å². The molecule has 0 bridgehead atoms. The van der Waals surface area contributed by atoms with E-state index in [9.17, 15) is 18.0 Å². The number of halogens is 3. The minimum absolute atomic E-state index is 0.140. The molecular formula is C17H17F3N2O2S. The molecule has 2 heterocycles. The Kier molecular flexibility index (Phi) is 5.39. The molecule has 1 unspecified atom stereocenters. The number of aromatic nitrogens is 1. The number of rotatable bonds is 3. The molecule has 2 aromatic rings. The lowest BCUT2D eigenvalue weighted by Gasteiger charge is -2.14. The monoisotopic (exact) mass is 370 g/mol. The van der Waals surface area contributed by atoms with E-state index in [1.807, 2.05) is 0 Å². The quantitative estimate of drug-likeness (QED) is 0.860. The summed E-state index contributed by atoms with van der Waals surface area (Å²) in [6.07, 6.45) is -2.22. The number of amides is 1. The molecular weight excluding hydrogens is 353 g/mol. The number of nitrogens with one attached hydrogen (secondary N) is 1. The van der Waals surface area contributed by atoms with Gasteiger partial charge in [0.05, 0.1) is 11.3 Å². The Hall–Kier alpha value is -1.93. The highest BCUT2D eigenvalue weighted by Crippen LogP contribution is 2.35. The van der Waals surface area contributed by atoms with Crippen molar-refractivity contribution in [2.75, 3.05) is 18.5 Å². The molecule has 1 N–H and O–H groups in total. The van der Waals surface area contributed by atoms with Crippen molar-refractivity contribution in [1.82, 2.24) is 4.37 Å². The van der Waals surface area contributed by atoms with Crippen LogP contribution in [0, 0.1) is 5.92 Å². The predicted molar refractivity (Wildman–Crippen MR) is 89.3 cm³/mol. The zero-order valence-corrected chi connectivity index (χ0v) is 14.1. The van der Waals surface area contributed by atoms with Crippen molar-refractivity contribution >= 4 is 23.1 Å².